The normalized spacial score (nSPS) is 22.4. The van der Waals surface area contributed by atoms with Gasteiger partial charge in [0.2, 0.25) is 5.69 Å². The third-order valence-electron chi connectivity index (χ3n) is 3.85. The van der Waals surface area contributed by atoms with Gasteiger partial charge in [0.1, 0.15) is 6.20 Å². The van der Waals surface area contributed by atoms with Crippen LogP contribution in [-0.2, 0) is 14.3 Å². The Morgan fingerprint density at radius 3 is 2.48 bits per heavy atom. The second kappa shape index (κ2) is 6.87. The van der Waals surface area contributed by atoms with Gasteiger partial charge in [-0.1, -0.05) is 0 Å². The smallest absolute Gasteiger partial charge is 0.270 e. The molecule has 1 heterocycles. The Morgan fingerprint density at radius 1 is 1.43 bits per heavy atom. The van der Waals surface area contributed by atoms with Crippen molar-refractivity contribution in [2.45, 2.75) is 38.2 Å². The molecule has 0 aliphatic heterocycles. The zero-order valence-electron chi connectivity index (χ0n) is 12.4. The molecule has 0 saturated heterocycles. The van der Waals surface area contributed by atoms with Gasteiger partial charge in [-0.15, -0.1) is 0 Å². The highest BCUT2D eigenvalue weighted by atomic mass is 32.2. The summed E-state index contributed by atoms with van der Waals surface area (Å²) in [6, 6.07) is -0.212. The van der Waals surface area contributed by atoms with Gasteiger partial charge < -0.3 is 0 Å². The molecule has 1 aromatic rings. The first-order valence-electron chi connectivity index (χ1n) is 7.03. The maximum absolute atomic E-state index is 12.8. The second-order valence-electron chi connectivity index (χ2n) is 5.60. The highest BCUT2D eigenvalue weighted by Gasteiger charge is 2.30. The van der Waals surface area contributed by atoms with Crippen molar-refractivity contribution in [2.24, 2.45) is 5.92 Å². The second-order valence-corrected chi connectivity index (χ2v) is 7.24. The summed E-state index contributed by atoms with van der Waals surface area (Å²) in [6.45, 7) is 0.0904. The van der Waals surface area contributed by atoms with Crippen molar-refractivity contribution in [2.75, 3.05) is 12.9 Å². The monoisotopic (exact) mass is 353 g/mol. The maximum atomic E-state index is 12.8. The average molecular weight is 353 g/mol. The van der Waals surface area contributed by atoms with Crippen LogP contribution in [-0.4, -0.2) is 36.0 Å². The van der Waals surface area contributed by atoms with Crippen LogP contribution in [0.5, 0.6) is 0 Å². The van der Waals surface area contributed by atoms with Gasteiger partial charge in [-0.2, -0.15) is 13.5 Å². The van der Waals surface area contributed by atoms with Gasteiger partial charge >= 0.3 is 5.69 Å². The summed E-state index contributed by atoms with van der Waals surface area (Å²) >= 11 is 0. The van der Waals surface area contributed by atoms with E-state index in [-0.39, 0.29) is 18.6 Å². The molecule has 2 rings (SSSR count). The van der Waals surface area contributed by atoms with E-state index in [9.17, 15) is 27.3 Å². The van der Waals surface area contributed by atoms with Gasteiger partial charge in [-0.3, -0.25) is 19.0 Å². The summed E-state index contributed by atoms with van der Waals surface area (Å²) in [5, 5.41) is 14.5. The van der Waals surface area contributed by atoms with E-state index < -0.39 is 32.8 Å². The number of halogens is 2. The summed E-state index contributed by atoms with van der Waals surface area (Å²) in [6.07, 6.45) is 1.43. The van der Waals surface area contributed by atoms with Crippen molar-refractivity contribution < 1.29 is 26.3 Å². The Balaban J connectivity index is 2.00. The van der Waals surface area contributed by atoms with Gasteiger partial charge in [0, 0.05) is 0 Å². The summed E-state index contributed by atoms with van der Waals surface area (Å²) in [4.78, 5) is 9.93. The van der Waals surface area contributed by atoms with Crippen molar-refractivity contribution in [1.29, 1.82) is 0 Å². The molecule has 1 aromatic heterocycles. The summed E-state index contributed by atoms with van der Waals surface area (Å²) in [7, 11) is -3.49. The van der Waals surface area contributed by atoms with Crippen LogP contribution in [0.2, 0.25) is 0 Å². The number of nitrogens with zero attached hydrogens (tertiary/aromatic N) is 3. The first-order valence-corrected chi connectivity index (χ1v) is 8.85. The number of alkyl halides is 2. The zero-order valence-corrected chi connectivity index (χ0v) is 13.2. The quantitative estimate of drug-likeness (QED) is 0.442. The van der Waals surface area contributed by atoms with Crippen molar-refractivity contribution >= 4 is 15.8 Å². The molecule has 0 spiro atoms. The summed E-state index contributed by atoms with van der Waals surface area (Å²) in [5.74, 6) is 0.0566. The number of hydrogen-bond donors (Lipinski definition) is 0. The average Bonchev–Trinajstić information content (AvgIpc) is 2.90. The van der Waals surface area contributed by atoms with E-state index in [2.05, 4.69) is 5.10 Å². The Hall–Kier alpha value is -1.62. The molecule has 1 aliphatic rings. The van der Waals surface area contributed by atoms with E-state index in [1.807, 2.05) is 0 Å². The number of aromatic nitrogens is 2. The Labute approximate surface area is 131 Å². The summed E-state index contributed by atoms with van der Waals surface area (Å²) < 4.78 is 53.5. The van der Waals surface area contributed by atoms with Crippen LogP contribution in [0.25, 0.3) is 0 Å². The van der Waals surface area contributed by atoms with Gasteiger partial charge in [-0.25, -0.2) is 8.78 Å². The van der Waals surface area contributed by atoms with Crippen LogP contribution in [0.15, 0.2) is 6.20 Å². The molecule has 1 fully saturated rings. The fourth-order valence-corrected chi connectivity index (χ4v) is 3.11. The molecule has 0 N–H and O–H groups in total. The maximum Gasteiger partial charge on any atom is 0.316 e. The van der Waals surface area contributed by atoms with Crippen LogP contribution < -0.4 is 0 Å². The predicted molar refractivity (Wildman–Crippen MR) is 75.6 cm³/mol. The Morgan fingerprint density at radius 2 is 2.04 bits per heavy atom. The molecule has 1 saturated carbocycles. The van der Waals surface area contributed by atoms with Crippen LogP contribution in [0, 0.1) is 16.0 Å². The van der Waals surface area contributed by atoms with Crippen LogP contribution in [0.4, 0.5) is 14.5 Å². The first kappa shape index (κ1) is 17.7. The Kier molecular flexibility index (Phi) is 5.30. The van der Waals surface area contributed by atoms with E-state index >= 15 is 0 Å². The molecular formula is C12H17F2N3O5S. The zero-order chi connectivity index (χ0) is 17.2. The first-order chi connectivity index (χ1) is 10.7. The number of nitro groups is 1. The molecule has 0 amide bonds. The largest absolute Gasteiger partial charge is 0.316 e. The van der Waals surface area contributed by atoms with Gasteiger partial charge in [-0.05, 0) is 31.6 Å². The van der Waals surface area contributed by atoms with Crippen molar-refractivity contribution in [3.63, 3.8) is 0 Å². The number of hydrogen-bond acceptors (Lipinski definition) is 6. The molecule has 0 atom stereocenters. The van der Waals surface area contributed by atoms with Crippen LogP contribution in [0.3, 0.4) is 0 Å². The SMILES string of the molecule is CS(=O)(=O)OCC1CCC(n2cc([N+](=O)[O-])c(C(F)F)n2)CC1. The highest BCUT2D eigenvalue weighted by molar-refractivity contribution is 7.85. The lowest BCUT2D eigenvalue weighted by Gasteiger charge is -2.28. The molecule has 8 nitrogen and oxygen atoms in total. The fourth-order valence-electron chi connectivity index (χ4n) is 2.67. The molecule has 0 aromatic carbocycles. The van der Waals surface area contributed by atoms with Crippen molar-refractivity contribution in [3.8, 4) is 0 Å². The van der Waals surface area contributed by atoms with Gasteiger partial charge in [0.25, 0.3) is 16.5 Å². The van der Waals surface area contributed by atoms with E-state index in [1.165, 1.54) is 4.68 Å². The van der Waals surface area contributed by atoms with Crippen LogP contribution in [0.1, 0.15) is 43.8 Å². The summed E-state index contributed by atoms with van der Waals surface area (Å²) in [5.41, 5.74) is -1.50. The van der Waals surface area contributed by atoms with Crippen molar-refractivity contribution in [1.82, 2.24) is 9.78 Å². The van der Waals surface area contributed by atoms with Crippen LogP contribution >= 0.6 is 0 Å². The van der Waals surface area contributed by atoms with E-state index in [1.54, 1.807) is 0 Å². The lowest BCUT2D eigenvalue weighted by atomic mass is 9.87. The molecule has 1 aliphatic carbocycles. The lowest BCUT2D eigenvalue weighted by molar-refractivity contribution is -0.386. The molecular weight excluding hydrogens is 336 g/mol. The minimum absolute atomic E-state index is 0.0566. The minimum Gasteiger partial charge on any atom is -0.270 e. The van der Waals surface area contributed by atoms with Crippen molar-refractivity contribution in [3.05, 3.63) is 22.0 Å². The molecule has 0 radical (unpaired) electrons. The van der Waals surface area contributed by atoms with Gasteiger partial charge in [0.15, 0.2) is 0 Å². The lowest BCUT2D eigenvalue weighted by Crippen LogP contribution is -2.22. The molecule has 0 unspecified atom stereocenters. The third kappa shape index (κ3) is 4.67. The Bertz CT molecular complexity index is 668. The molecule has 11 heteroatoms. The molecule has 23 heavy (non-hydrogen) atoms. The molecule has 130 valence electrons. The standard InChI is InChI=1S/C12H17F2N3O5S/c1-23(20,21)22-7-8-2-4-9(5-3-8)16-6-10(17(18)19)11(15-16)12(13)14/h6,8-9,12H,2-5,7H2,1H3. The predicted octanol–water partition coefficient (Wildman–Crippen LogP) is 2.44. The van der Waals surface area contributed by atoms with E-state index in [0.717, 1.165) is 12.5 Å². The topological polar surface area (TPSA) is 104 Å². The number of rotatable bonds is 6. The minimum atomic E-state index is -3.49. The highest BCUT2D eigenvalue weighted by Crippen LogP contribution is 2.35. The fraction of sp³-hybridized carbons (Fsp3) is 0.750. The van der Waals surface area contributed by atoms with E-state index in [0.29, 0.717) is 25.7 Å². The molecule has 0 bridgehead atoms. The van der Waals surface area contributed by atoms with E-state index in [4.69, 9.17) is 4.18 Å². The third-order valence-corrected chi connectivity index (χ3v) is 4.42. The van der Waals surface area contributed by atoms with Gasteiger partial charge in [0.05, 0.1) is 23.8 Å².